The first-order valence-electron chi connectivity index (χ1n) is 12.1. The van der Waals surface area contributed by atoms with Crippen molar-refractivity contribution in [1.82, 2.24) is 10.2 Å². The third-order valence-corrected chi connectivity index (χ3v) is 6.44. The maximum Gasteiger partial charge on any atom is 0.228 e. The lowest BCUT2D eigenvalue weighted by Gasteiger charge is -2.32. The van der Waals surface area contributed by atoms with Crippen LogP contribution in [-0.2, 0) is 28.5 Å². The Morgan fingerprint density at radius 2 is 1.18 bits per heavy atom. The molecular formula is C29H45N3O. The van der Waals surface area contributed by atoms with Gasteiger partial charge in [0.15, 0.2) is 0 Å². The number of carbonyl (C=O) groups is 1. The highest BCUT2D eigenvalue weighted by Gasteiger charge is 2.37. The van der Waals surface area contributed by atoms with E-state index in [1.54, 1.807) is 0 Å². The topological polar surface area (TPSA) is 58.4 Å². The number of benzene rings is 2. The van der Waals surface area contributed by atoms with Gasteiger partial charge in [0.05, 0.1) is 5.41 Å². The van der Waals surface area contributed by atoms with Crippen molar-refractivity contribution in [2.24, 2.45) is 11.1 Å². The first-order chi connectivity index (χ1) is 15.3. The molecule has 2 aromatic rings. The number of likely N-dealkylation sites (N-methyl/N-ethyl adjacent to an activating group) is 1. The van der Waals surface area contributed by atoms with E-state index in [0.29, 0.717) is 25.9 Å². The first-order valence-corrected chi connectivity index (χ1v) is 12.1. The van der Waals surface area contributed by atoms with E-state index < -0.39 is 5.41 Å². The fourth-order valence-corrected chi connectivity index (χ4v) is 4.07. The predicted octanol–water partition coefficient (Wildman–Crippen LogP) is 4.69. The second-order valence-corrected chi connectivity index (χ2v) is 11.8. The van der Waals surface area contributed by atoms with Gasteiger partial charge in [-0.25, -0.2) is 0 Å². The van der Waals surface area contributed by atoms with E-state index in [0.717, 1.165) is 17.7 Å². The van der Waals surface area contributed by atoms with Gasteiger partial charge in [-0.1, -0.05) is 90.1 Å². The van der Waals surface area contributed by atoms with Gasteiger partial charge < -0.3 is 16.0 Å². The summed E-state index contributed by atoms with van der Waals surface area (Å²) in [7, 11) is 4.02. The van der Waals surface area contributed by atoms with Gasteiger partial charge >= 0.3 is 0 Å². The zero-order valence-electron chi connectivity index (χ0n) is 22.1. The Balaban J connectivity index is 2.34. The van der Waals surface area contributed by atoms with E-state index in [1.165, 1.54) is 11.1 Å². The number of hydrogen-bond acceptors (Lipinski definition) is 3. The Labute approximate surface area is 202 Å². The van der Waals surface area contributed by atoms with Crippen molar-refractivity contribution in [3.8, 4) is 0 Å². The van der Waals surface area contributed by atoms with Gasteiger partial charge in [0.25, 0.3) is 0 Å². The minimum atomic E-state index is -0.696. The van der Waals surface area contributed by atoms with Crippen molar-refractivity contribution in [3.63, 3.8) is 0 Å². The van der Waals surface area contributed by atoms with Crippen molar-refractivity contribution in [2.45, 2.75) is 65.2 Å². The largest absolute Gasteiger partial charge is 0.354 e. The van der Waals surface area contributed by atoms with Gasteiger partial charge in [0.1, 0.15) is 0 Å². The fourth-order valence-electron chi connectivity index (χ4n) is 4.07. The van der Waals surface area contributed by atoms with Gasteiger partial charge in [-0.15, -0.1) is 0 Å². The van der Waals surface area contributed by atoms with Crippen LogP contribution in [0.2, 0.25) is 0 Å². The van der Waals surface area contributed by atoms with Gasteiger partial charge in [0, 0.05) is 19.6 Å². The number of rotatable bonds is 9. The van der Waals surface area contributed by atoms with Gasteiger partial charge in [-0.2, -0.15) is 0 Å². The van der Waals surface area contributed by atoms with Crippen molar-refractivity contribution in [3.05, 3.63) is 70.8 Å². The first kappa shape index (κ1) is 27.1. The second-order valence-electron chi connectivity index (χ2n) is 11.8. The van der Waals surface area contributed by atoms with Crippen molar-refractivity contribution in [1.29, 1.82) is 0 Å². The van der Waals surface area contributed by atoms with Crippen LogP contribution in [-0.4, -0.2) is 44.5 Å². The minimum absolute atomic E-state index is 0.0339. The van der Waals surface area contributed by atoms with Crippen LogP contribution in [0.5, 0.6) is 0 Å². The molecule has 4 heteroatoms. The van der Waals surface area contributed by atoms with Crippen LogP contribution >= 0.6 is 0 Å². The molecule has 1 amide bonds. The number of nitrogens with zero attached hydrogens (tertiary/aromatic N) is 1. The molecule has 0 aliphatic heterocycles. The standard InChI is InChI=1S/C29H45N3O/c1-27(2,3)24-13-9-22(10-14-24)19-29(21-30,26(33)31-17-18-32(7)8)20-23-11-15-25(16-12-23)28(4,5)6/h9-16H,17-21,30H2,1-8H3,(H,31,33). The Bertz CT molecular complexity index is 825. The van der Waals surface area contributed by atoms with E-state index in [4.69, 9.17) is 5.73 Å². The maximum atomic E-state index is 13.5. The van der Waals surface area contributed by atoms with Crippen molar-refractivity contribution >= 4 is 5.91 Å². The summed E-state index contributed by atoms with van der Waals surface area (Å²) in [5.74, 6) is 0.0339. The summed E-state index contributed by atoms with van der Waals surface area (Å²) in [6, 6.07) is 17.3. The smallest absolute Gasteiger partial charge is 0.228 e. The molecule has 0 aliphatic rings. The molecule has 0 radical (unpaired) electrons. The zero-order chi connectivity index (χ0) is 24.9. The Morgan fingerprint density at radius 1 is 0.788 bits per heavy atom. The molecule has 0 bridgehead atoms. The number of nitrogens with two attached hydrogens (primary N) is 1. The average molecular weight is 452 g/mol. The quantitative estimate of drug-likeness (QED) is 0.581. The summed E-state index contributed by atoms with van der Waals surface area (Å²) in [6.45, 7) is 15.0. The molecule has 0 saturated carbocycles. The van der Waals surface area contributed by atoms with Crippen LogP contribution in [0.1, 0.15) is 63.8 Å². The average Bonchev–Trinajstić information content (AvgIpc) is 2.72. The lowest BCUT2D eigenvalue weighted by atomic mass is 9.74. The molecule has 0 saturated heterocycles. The number of hydrogen-bond donors (Lipinski definition) is 2. The molecule has 0 aliphatic carbocycles. The molecule has 0 fully saturated rings. The van der Waals surface area contributed by atoms with E-state index in [-0.39, 0.29) is 16.7 Å². The fraction of sp³-hybridized carbons (Fsp3) is 0.552. The van der Waals surface area contributed by atoms with E-state index in [9.17, 15) is 4.79 Å². The summed E-state index contributed by atoms with van der Waals surface area (Å²) in [4.78, 5) is 15.6. The number of carbonyl (C=O) groups excluding carboxylic acids is 1. The van der Waals surface area contributed by atoms with Crippen LogP contribution in [0, 0.1) is 5.41 Å². The molecule has 2 aromatic carbocycles. The molecule has 0 heterocycles. The molecule has 33 heavy (non-hydrogen) atoms. The highest BCUT2D eigenvalue weighted by Crippen LogP contribution is 2.31. The molecular weight excluding hydrogens is 406 g/mol. The number of amides is 1. The van der Waals surface area contributed by atoms with E-state index in [2.05, 4.69) is 100 Å². The SMILES string of the molecule is CN(C)CCNC(=O)C(CN)(Cc1ccc(C(C)(C)C)cc1)Cc1ccc(C(C)(C)C)cc1. The zero-order valence-corrected chi connectivity index (χ0v) is 22.1. The summed E-state index contributed by atoms with van der Waals surface area (Å²) >= 11 is 0. The minimum Gasteiger partial charge on any atom is -0.354 e. The van der Waals surface area contributed by atoms with Crippen LogP contribution in [0.15, 0.2) is 48.5 Å². The van der Waals surface area contributed by atoms with E-state index in [1.807, 2.05) is 14.1 Å². The summed E-state index contributed by atoms with van der Waals surface area (Å²) in [5, 5.41) is 3.16. The predicted molar refractivity (Wildman–Crippen MR) is 141 cm³/mol. The third kappa shape index (κ3) is 7.68. The van der Waals surface area contributed by atoms with Crippen LogP contribution in [0.3, 0.4) is 0 Å². The Hall–Kier alpha value is -2.17. The van der Waals surface area contributed by atoms with Crippen molar-refractivity contribution in [2.75, 3.05) is 33.7 Å². The van der Waals surface area contributed by atoms with Gasteiger partial charge in [-0.3, -0.25) is 4.79 Å². The molecule has 4 nitrogen and oxygen atoms in total. The molecule has 0 unspecified atom stereocenters. The van der Waals surface area contributed by atoms with Crippen molar-refractivity contribution < 1.29 is 4.79 Å². The molecule has 2 rings (SSSR count). The molecule has 3 N–H and O–H groups in total. The van der Waals surface area contributed by atoms with Crippen LogP contribution < -0.4 is 11.1 Å². The normalized spacial score (nSPS) is 12.8. The lowest BCUT2D eigenvalue weighted by molar-refractivity contribution is -0.130. The number of nitrogens with one attached hydrogen (secondary N) is 1. The van der Waals surface area contributed by atoms with Gasteiger partial charge in [-0.05, 0) is 60.0 Å². The summed E-state index contributed by atoms with van der Waals surface area (Å²) in [5.41, 5.74) is 10.7. The van der Waals surface area contributed by atoms with Crippen LogP contribution in [0.25, 0.3) is 0 Å². The molecule has 182 valence electrons. The van der Waals surface area contributed by atoms with Crippen LogP contribution in [0.4, 0.5) is 0 Å². The second kappa shape index (κ2) is 10.8. The maximum absolute atomic E-state index is 13.5. The molecule has 0 atom stereocenters. The van der Waals surface area contributed by atoms with E-state index >= 15 is 0 Å². The molecule has 0 spiro atoms. The highest BCUT2D eigenvalue weighted by atomic mass is 16.2. The monoisotopic (exact) mass is 451 g/mol. The summed E-state index contributed by atoms with van der Waals surface area (Å²) in [6.07, 6.45) is 1.23. The molecule has 0 aromatic heterocycles. The third-order valence-electron chi connectivity index (χ3n) is 6.44. The Morgan fingerprint density at radius 3 is 1.48 bits per heavy atom. The summed E-state index contributed by atoms with van der Waals surface area (Å²) < 4.78 is 0. The lowest BCUT2D eigenvalue weighted by Crippen LogP contribution is -2.50. The Kier molecular flexibility index (Phi) is 8.89. The highest BCUT2D eigenvalue weighted by molar-refractivity contribution is 5.83. The van der Waals surface area contributed by atoms with Gasteiger partial charge in [0.2, 0.25) is 5.91 Å².